The number of aromatic hydroxyl groups is 4. The summed E-state index contributed by atoms with van der Waals surface area (Å²) in [5, 5.41) is 49.0. The molecule has 12 heteroatoms. The lowest BCUT2D eigenvalue weighted by Gasteiger charge is -2.26. The van der Waals surface area contributed by atoms with Crippen LogP contribution in [0.2, 0.25) is 0 Å². The molecule has 0 spiro atoms. The van der Waals surface area contributed by atoms with Crippen LogP contribution >= 0.6 is 0 Å². The fraction of sp³-hybridized carbons (Fsp3) is 0.656. The Morgan fingerprint density at radius 1 is 0.229 bits per heavy atom. The van der Waals surface area contributed by atoms with E-state index in [1.54, 1.807) is 0 Å². The van der Waals surface area contributed by atoms with Crippen LogP contribution in [-0.2, 0) is 19.3 Å². The van der Waals surface area contributed by atoms with Crippen LogP contribution in [0.25, 0.3) is 0 Å². The minimum absolute atomic E-state index is 0.0901. The molecular weight excluding hydrogens is 1290 g/mol. The number of fused-ring (bicyclic) bond motifs is 12. The number of phenolic OH excluding ortho intramolecular Hbond substituents is 4. The Bertz CT molecular complexity index is 3250. The van der Waals surface area contributed by atoms with Gasteiger partial charge in [0.2, 0.25) is 0 Å². The van der Waals surface area contributed by atoms with E-state index in [1.165, 1.54) is 190 Å². The van der Waals surface area contributed by atoms with Crippen LogP contribution in [0, 0.1) is 6.92 Å². The molecule has 4 aromatic carbocycles. The molecule has 8 atom stereocenters. The number of aryl methyl sites for hydroxylation is 4. The van der Waals surface area contributed by atoms with Crippen molar-refractivity contribution < 1.29 is 20.4 Å². The lowest BCUT2D eigenvalue weighted by Crippen LogP contribution is -2.27. The third-order valence-corrected chi connectivity index (χ3v) is 23.5. The number of rotatable bonds is 33. The zero-order valence-electron chi connectivity index (χ0n) is 65.9. The Morgan fingerprint density at radius 2 is 0.381 bits per heavy atom. The first-order valence-corrected chi connectivity index (χ1v) is 43.2. The molecule has 5 aliphatic rings. The van der Waals surface area contributed by atoms with E-state index in [0.717, 1.165) is 147 Å². The van der Waals surface area contributed by atoms with Gasteiger partial charge in [-0.2, -0.15) is 0 Å². The normalized spacial score (nSPS) is 24.1. The highest BCUT2D eigenvalue weighted by Gasteiger charge is 2.29. The summed E-state index contributed by atoms with van der Waals surface area (Å²) >= 11 is 0. The van der Waals surface area contributed by atoms with Crippen molar-refractivity contribution in [3.8, 4) is 23.0 Å². The Hall–Kier alpha value is -6.56. The SMILES string of the molecule is CCCCCCCCCCCCc1cc2c(O)c(c1)/C=N\C1CCCCC1/N=C/c1cc(CCCCCCCCCCCC)cc(c1O)/C=N/C1CCCCC1/N=C\c1cc(C)cc(c1O)/C=N\C1CCCCC1/N=C/c1cc(CCCCCCCCCCCC)cc(c1O)/C=N/C1CCCCC1/N=C\2. The van der Waals surface area contributed by atoms with Gasteiger partial charge in [-0.15, -0.1) is 0 Å². The summed E-state index contributed by atoms with van der Waals surface area (Å²) in [5.74, 6) is 0.741. The van der Waals surface area contributed by atoms with Gasteiger partial charge in [0.1, 0.15) is 23.0 Å². The number of benzene rings is 4. The summed E-state index contributed by atoms with van der Waals surface area (Å²) in [7, 11) is 0. The van der Waals surface area contributed by atoms with Crippen LogP contribution in [0.5, 0.6) is 23.0 Å². The molecule has 1 heterocycles. The number of aliphatic imine (C=N–C) groups is 8. The summed E-state index contributed by atoms with van der Waals surface area (Å²) < 4.78 is 0. The van der Waals surface area contributed by atoms with Crippen LogP contribution in [0.4, 0.5) is 0 Å². The molecule has 0 radical (unpaired) electrons. The molecule has 0 aromatic heterocycles. The topological polar surface area (TPSA) is 180 Å². The van der Waals surface area contributed by atoms with Gasteiger partial charge in [0, 0.05) is 94.2 Å². The van der Waals surface area contributed by atoms with E-state index in [0.29, 0.717) is 44.5 Å². The van der Waals surface area contributed by atoms with E-state index in [4.69, 9.17) is 39.9 Å². The van der Waals surface area contributed by atoms with E-state index in [2.05, 4.69) is 64.1 Å². The van der Waals surface area contributed by atoms with Gasteiger partial charge in [-0.1, -0.05) is 245 Å². The molecule has 12 nitrogen and oxygen atoms in total. The Labute approximate surface area is 635 Å². The number of nitrogens with zero attached hydrogens (tertiary/aromatic N) is 8. The van der Waals surface area contributed by atoms with Crippen molar-refractivity contribution in [2.24, 2.45) is 39.9 Å². The fourth-order valence-corrected chi connectivity index (χ4v) is 16.9. The monoisotopic (exact) mass is 1430 g/mol. The molecule has 4 aromatic rings. The molecule has 8 bridgehead atoms. The quantitative estimate of drug-likeness (QED) is 0.0347. The lowest BCUT2D eigenvalue weighted by molar-refractivity contribution is 0.389. The van der Waals surface area contributed by atoms with Crippen LogP contribution in [0.1, 0.15) is 383 Å². The third-order valence-electron chi connectivity index (χ3n) is 23.5. The molecule has 9 rings (SSSR count). The molecule has 574 valence electrons. The number of phenols is 4. The maximum absolute atomic E-state index is 12.4. The van der Waals surface area contributed by atoms with Gasteiger partial charge in [-0.3, -0.25) is 39.9 Å². The number of hydrogen-bond acceptors (Lipinski definition) is 12. The van der Waals surface area contributed by atoms with Crippen LogP contribution in [0.3, 0.4) is 0 Å². The molecule has 4 N–H and O–H groups in total. The standard InChI is InChI=1S/C93H138N8O4/c1-5-8-11-14-17-20-23-26-29-32-43-71-56-76-64-96-84-48-37-35-46-82(84)94-62-74-54-70(4)55-75(90(74)102)63-95-83-47-36-38-49-85(83)97-65-77-57-72(44-33-30-27-24-21-18-15-12-9-6-2)59-79(92(77)104)67-99-87-51-40-42-53-89(87)101-69-81-61-73(45-34-31-28-25-22-19-16-13-10-7-3)60-80(93(81)105)68-100-88-52-41-39-50-86(88)98-66-78(58-71)91(76)103/h54-69,82-89,102-105H,5-53H2,1-4H3/b94-62-,95-63-,96-64+,97-65+,98-66+,99-67+,100-68-,101-69-. The summed E-state index contributed by atoms with van der Waals surface area (Å²) in [5.41, 5.74) is 10.1. The molecule has 0 amide bonds. The molecule has 8 unspecified atom stereocenters. The Kier molecular flexibility index (Phi) is 37.2. The van der Waals surface area contributed by atoms with E-state index < -0.39 is 0 Å². The Morgan fingerprint density at radius 3 is 0.552 bits per heavy atom. The second-order valence-corrected chi connectivity index (χ2v) is 32.4. The summed E-state index contributed by atoms with van der Waals surface area (Å²) in [4.78, 5) is 42.3. The molecule has 4 aliphatic carbocycles. The predicted octanol–water partition coefficient (Wildman–Crippen LogP) is 23.9. The number of unbranched alkanes of at least 4 members (excludes halogenated alkanes) is 27. The van der Waals surface area contributed by atoms with Crippen molar-refractivity contribution >= 4 is 49.7 Å². The number of hydrogen-bond donors (Lipinski definition) is 4. The first-order chi connectivity index (χ1) is 51.6. The van der Waals surface area contributed by atoms with Gasteiger partial charge in [-0.05, 0) is 168 Å². The predicted molar refractivity (Wildman–Crippen MR) is 449 cm³/mol. The second-order valence-electron chi connectivity index (χ2n) is 32.4. The van der Waals surface area contributed by atoms with Crippen molar-refractivity contribution in [3.63, 3.8) is 0 Å². The van der Waals surface area contributed by atoms with Gasteiger partial charge in [0.05, 0.1) is 48.3 Å². The zero-order chi connectivity index (χ0) is 73.5. The van der Waals surface area contributed by atoms with Gasteiger partial charge in [-0.25, -0.2) is 0 Å². The van der Waals surface area contributed by atoms with Gasteiger partial charge < -0.3 is 20.4 Å². The maximum Gasteiger partial charge on any atom is 0.133 e. The second kappa shape index (κ2) is 47.3. The Balaban J connectivity index is 1.05. The highest BCUT2D eigenvalue weighted by molar-refractivity contribution is 5.95. The molecule has 0 saturated heterocycles. The molecule has 105 heavy (non-hydrogen) atoms. The summed E-state index contributed by atoms with van der Waals surface area (Å²) in [6.07, 6.45) is 71.6. The van der Waals surface area contributed by atoms with Crippen molar-refractivity contribution in [1.29, 1.82) is 0 Å². The lowest BCUT2D eigenvalue weighted by atomic mass is 9.90. The minimum Gasteiger partial charge on any atom is -0.507 e. The molecule has 4 fully saturated rings. The van der Waals surface area contributed by atoms with Gasteiger partial charge in [0.15, 0.2) is 0 Å². The van der Waals surface area contributed by atoms with Crippen molar-refractivity contribution in [3.05, 3.63) is 115 Å². The smallest absolute Gasteiger partial charge is 0.133 e. The van der Waals surface area contributed by atoms with Crippen LogP contribution < -0.4 is 0 Å². The summed E-state index contributed by atoms with van der Waals surface area (Å²) in [6.45, 7) is 8.91. The molecule has 4 saturated carbocycles. The van der Waals surface area contributed by atoms with Crippen LogP contribution in [0.15, 0.2) is 88.5 Å². The van der Waals surface area contributed by atoms with Gasteiger partial charge in [0.25, 0.3) is 0 Å². The van der Waals surface area contributed by atoms with Gasteiger partial charge >= 0.3 is 0 Å². The minimum atomic E-state index is -0.0922. The average molecular weight is 1430 g/mol. The molecular formula is C93H138N8O4. The van der Waals surface area contributed by atoms with E-state index >= 15 is 0 Å². The summed E-state index contributed by atoms with van der Waals surface area (Å²) in [6, 6.07) is 16.2. The average Bonchev–Trinajstić information content (AvgIpc) is 0.841. The van der Waals surface area contributed by atoms with Crippen molar-refractivity contribution in [1.82, 2.24) is 0 Å². The largest absolute Gasteiger partial charge is 0.507 e. The first-order valence-electron chi connectivity index (χ1n) is 43.2. The third kappa shape index (κ3) is 28.2. The van der Waals surface area contributed by atoms with E-state index in [9.17, 15) is 20.4 Å². The maximum atomic E-state index is 12.4. The first kappa shape index (κ1) is 82.5. The fourth-order valence-electron chi connectivity index (χ4n) is 16.9. The highest BCUT2D eigenvalue weighted by Crippen LogP contribution is 2.35. The van der Waals surface area contributed by atoms with E-state index in [-0.39, 0.29) is 71.3 Å². The van der Waals surface area contributed by atoms with E-state index in [1.807, 2.05) is 61.8 Å². The van der Waals surface area contributed by atoms with Crippen LogP contribution in [-0.4, -0.2) is 118 Å². The zero-order valence-corrected chi connectivity index (χ0v) is 65.9. The molecule has 1 aliphatic heterocycles. The highest BCUT2D eigenvalue weighted by atomic mass is 16.3. The van der Waals surface area contributed by atoms with Crippen molar-refractivity contribution in [2.45, 2.75) is 391 Å². The van der Waals surface area contributed by atoms with Crippen molar-refractivity contribution in [2.75, 3.05) is 0 Å².